The van der Waals surface area contributed by atoms with E-state index in [2.05, 4.69) is 15.1 Å². The zero-order valence-electron chi connectivity index (χ0n) is 19.6. The van der Waals surface area contributed by atoms with Crippen LogP contribution in [0.2, 0.25) is 0 Å². The van der Waals surface area contributed by atoms with Gasteiger partial charge in [0.15, 0.2) is 6.61 Å². The minimum atomic E-state index is -0.339. The average molecular weight is 448 g/mol. The number of hydrogen-bond donors (Lipinski definition) is 1. The highest BCUT2D eigenvalue weighted by molar-refractivity contribution is 5.89. The molecule has 7 nitrogen and oxygen atoms in total. The number of esters is 1. The summed E-state index contributed by atoms with van der Waals surface area (Å²) in [6.45, 7) is 9.92. The fourth-order valence-corrected chi connectivity index (χ4v) is 3.65. The average Bonchev–Trinajstić information content (AvgIpc) is 3.05. The number of carbonyl (C=O) groups excluding carboxylic acids is 2. The van der Waals surface area contributed by atoms with Crippen LogP contribution in [0.4, 0.5) is 0 Å². The normalized spacial score (nSPS) is 10.9. The smallest absolute Gasteiger partial charge is 0.338 e. The van der Waals surface area contributed by atoms with Crippen LogP contribution in [-0.4, -0.2) is 35.9 Å². The Morgan fingerprint density at radius 1 is 1.00 bits per heavy atom. The van der Waals surface area contributed by atoms with Gasteiger partial charge in [0, 0.05) is 22.6 Å². The maximum Gasteiger partial charge on any atom is 0.338 e. The summed E-state index contributed by atoms with van der Waals surface area (Å²) >= 11 is 0. The molecule has 1 heterocycles. The molecule has 3 rings (SSSR count). The Morgan fingerprint density at radius 2 is 1.67 bits per heavy atom. The van der Waals surface area contributed by atoms with Gasteiger partial charge in [0.25, 0.3) is 5.91 Å². The van der Waals surface area contributed by atoms with Gasteiger partial charge in [-0.15, -0.1) is 0 Å². The molecule has 0 bridgehead atoms. The number of nitrogens with zero attached hydrogens (tertiary/aromatic N) is 2. The third-order valence-corrected chi connectivity index (χ3v) is 5.06. The number of benzene rings is 2. The van der Waals surface area contributed by atoms with E-state index in [9.17, 15) is 9.59 Å². The minimum absolute atomic E-state index is 0.119. The zero-order valence-corrected chi connectivity index (χ0v) is 19.6. The quantitative estimate of drug-likeness (QED) is 0.315. The summed E-state index contributed by atoms with van der Waals surface area (Å²) in [6.07, 6.45) is 1.61. The molecule has 0 saturated carbocycles. The predicted molar refractivity (Wildman–Crippen MR) is 128 cm³/mol. The van der Waals surface area contributed by atoms with Crippen molar-refractivity contribution >= 4 is 18.1 Å². The van der Waals surface area contributed by atoms with Crippen molar-refractivity contribution in [3.05, 3.63) is 82.2 Å². The van der Waals surface area contributed by atoms with Crippen LogP contribution >= 0.6 is 0 Å². The van der Waals surface area contributed by atoms with E-state index >= 15 is 0 Å². The van der Waals surface area contributed by atoms with Crippen LogP contribution in [-0.2, 0) is 9.53 Å². The number of hydrogen-bond acceptors (Lipinski definition) is 5. The van der Waals surface area contributed by atoms with Crippen molar-refractivity contribution in [1.29, 1.82) is 0 Å². The Bertz CT molecular complexity index is 1160. The van der Waals surface area contributed by atoms with Gasteiger partial charge in [-0.2, -0.15) is 5.10 Å². The van der Waals surface area contributed by atoms with E-state index in [0.717, 1.165) is 33.8 Å². The van der Waals surface area contributed by atoms with E-state index in [0.29, 0.717) is 17.9 Å². The molecule has 7 heteroatoms. The molecule has 0 atom stereocenters. The number of amides is 1. The third kappa shape index (κ3) is 6.10. The van der Waals surface area contributed by atoms with E-state index in [4.69, 9.17) is 9.47 Å². The maximum absolute atomic E-state index is 12.1. The molecule has 1 amide bonds. The number of rotatable bonds is 8. The number of aromatic nitrogens is 1. The zero-order chi connectivity index (χ0) is 24.0. The molecule has 0 radical (unpaired) electrons. The fourth-order valence-electron chi connectivity index (χ4n) is 3.65. The number of aryl methyl sites for hydroxylation is 3. The molecule has 0 aliphatic heterocycles. The molecule has 2 aromatic carbocycles. The van der Waals surface area contributed by atoms with Crippen molar-refractivity contribution in [1.82, 2.24) is 9.99 Å². The second kappa shape index (κ2) is 10.6. The van der Waals surface area contributed by atoms with Gasteiger partial charge < -0.3 is 14.0 Å². The molecule has 172 valence electrons. The topological polar surface area (TPSA) is 81.9 Å². The lowest BCUT2D eigenvalue weighted by Gasteiger charge is -2.10. The second-order valence-electron chi connectivity index (χ2n) is 7.83. The molecule has 0 unspecified atom stereocenters. The summed E-state index contributed by atoms with van der Waals surface area (Å²) in [5.41, 5.74) is 8.92. The van der Waals surface area contributed by atoms with Crippen molar-refractivity contribution in [2.24, 2.45) is 5.10 Å². The third-order valence-electron chi connectivity index (χ3n) is 5.06. The first-order valence-electron chi connectivity index (χ1n) is 10.8. The Labute approximate surface area is 194 Å². The SMILES string of the molecule is CCOC(=O)c1ccc(-n2c(C)cc(C=NNC(=O)COc3cc(C)cc(C)c3)c2C)cc1. The monoisotopic (exact) mass is 447 g/mol. The Hall–Kier alpha value is -3.87. The van der Waals surface area contributed by atoms with Gasteiger partial charge in [-0.25, -0.2) is 10.2 Å². The van der Waals surface area contributed by atoms with Gasteiger partial charge in [0.1, 0.15) is 5.75 Å². The first-order chi connectivity index (χ1) is 15.8. The van der Waals surface area contributed by atoms with Crippen LogP contribution in [0.3, 0.4) is 0 Å². The molecule has 0 spiro atoms. The van der Waals surface area contributed by atoms with E-state index in [1.807, 2.05) is 64.1 Å². The standard InChI is InChI=1S/C26H29N3O4/c1-6-32-26(31)21-7-9-23(10-8-21)29-19(4)14-22(20(29)5)15-27-28-25(30)16-33-24-12-17(2)11-18(3)13-24/h7-15H,6,16H2,1-5H3,(H,28,30). The molecular formula is C26H29N3O4. The van der Waals surface area contributed by atoms with Crippen molar-refractivity contribution < 1.29 is 19.1 Å². The van der Waals surface area contributed by atoms with Crippen molar-refractivity contribution in [2.45, 2.75) is 34.6 Å². The predicted octanol–water partition coefficient (Wildman–Crippen LogP) is 4.42. The molecule has 0 fully saturated rings. The minimum Gasteiger partial charge on any atom is -0.484 e. The lowest BCUT2D eigenvalue weighted by molar-refractivity contribution is -0.123. The number of hydrazone groups is 1. The Morgan fingerprint density at radius 3 is 2.30 bits per heavy atom. The van der Waals surface area contributed by atoms with Crippen LogP contribution in [0.5, 0.6) is 5.75 Å². The molecule has 0 aliphatic rings. The lowest BCUT2D eigenvalue weighted by Crippen LogP contribution is -2.24. The van der Waals surface area contributed by atoms with Gasteiger partial charge in [-0.05, 0) is 88.2 Å². The number of ether oxygens (including phenoxy) is 2. The van der Waals surface area contributed by atoms with Crippen molar-refractivity contribution in [2.75, 3.05) is 13.2 Å². The molecule has 3 aromatic rings. The summed E-state index contributed by atoms with van der Waals surface area (Å²) < 4.78 is 12.6. The molecular weight excluding hydrogens is 418 g/mol. The highest BCUT2D eigenvalue weighted by Crippen LogP contribution is 2.20. The first-order valence-corrected chi connectivity index (χ1v) is 10.8. The lowest BCUT2D eigenvalue weighted by atomic mass is 10.1. The molecule has 1 aromatic heterocycles. The van der Waals surface area contributed by atoms with Crippen LogP contribution < -0.4 is 10.2 Å². The molecule has 33 heavy (non-hydrogen) atoms. The van der Waals surface area contributed by atoms with Crippen LogP contribution in [0.25, 0.3) is 5.69 Å². The van der Waals surface area contributed by atoms with Gasteiger partial charge in [0.05, 0.1) is 18.4 Å². The van der Waals surface area contributed by atoms with Gasteiger partial charge in [-0.1, -0.05) is 6.07 Å². The largest absolute Gasteiger partial charge is 0.484 e. The second-order valence-corrected chi connectivity index (χ2v) is 7.83. The van der Waals surface area contributed by atoms with Gasteiger partial charge >= 0.3 is 5.97 Å². The van der Waals surface area contributed by atoms with Crippen LogP contribution in [0.15, 0.2) is 53.6 Å². The molecule has 0 saturated heterocycles. The Balaban J connectivity index is 1.63. The van der Waals surface area contributed by atoms with Crippen LogP contribution in [0, 0.1) is 27.7 Å². The number of carbonyl (C=O) groups is 2. The van der Waals surface area contributed by atoms with E-state index in [1.165, 1.54) is 0 Å². The fraction of sp³-hybridized carbons (Fsp3) is 0.269. The molecule has 0 aliphatic carbocycles. The van der Waals surface area contributed by atoms with E-state index in [1.54, 1.807) is 25.3 Å². The first kappa shape index (κ1) is 23.8. The number of nitrogens with one attached hydrogen (secondary N) is 1. The highest BCUT2D eigenvalue weighted by Gasteiger charge is 2.11. The summed E-state index contributed by atoms with van der Waals surface area (Å²) in [5.74, 6) is -0.0204. The highest BCUT2D eigenvalue weighted by atomic mass is 16.5. The molecule has 1 N–H and O–H groups in total. The van der Waals surface area contributed by atoms with Crippen molar-refractivity contribution in [3.63, 3.8) is 0 Å². The summed E-state index contributed by atoms with van der Waals surface area (Å²) in [7, 11) is 0. The van der Waals surface area contributed by atoms with Gasteiger partial charge in [0.2, 0.25) is 0 Å². The Kier molecular flexibility index (Phi) is 7.66. The van der Waals surface area contributed by atoms with E-state index < -0.39 is 0 Å². The van der Waals surface area contributed by atoms with E-state index in [-0.39, 0.29) is 18.5 Å². The maximum atomic E-state index is 12.1. The van der Waals surface area contributed by atoms with Crippen LogP contribution in [0.1, 0.15) is 45.4 Å². The van der Waals surface area contributed by atoms with Crippen molar-refractivity contribution in [3.8, 4) is 11.4 Å². The summed E-state index contributed by atoms with van der Waals surface area (Å²) in [6, 6.07) is 15.0. The summed E-state index contributed by atoms with van der Waals surface area (Å²) in [5, 5.41) is 4.08. The summed E-state index contributed by atoms with van der Waals surface area (Å²) in [4.78, 5) is 24.0. The van der Waals surface area contributed by atoms with Gasteiger partial charge in [-0.3, -0.25) is 4.79 Å².